The summed E-state index contributed by atoms with van der Waals surface area (Å²) in [5.41, 5.74) is 0.810. The summed E-state index contributed by atoms with van der Waals surface area (Å²) in [6, 6.07) is 1.83. The number of nitrogens with one attached hydrogen (secondary N) is 1. The van der Waals surface area contributed by atoms with E-state index in [4.69, 9.17) is 4.42 Å². The fourth-order valence-electron chi connectivity index (χ4n) is 1.91. The predicted octanol–water partition coefficient (Wildman–Crippen LogP) is 1.96. The normalized spacial score (nSPS) is 10.3. The standard InChI is InChI=1S/C12H15N5O3/c1-8-9(4-5-20-8)6-16(3)12-10(17(18)19)11(13-2)14-7-15-12/h4-5,7H,6H2,1-3H3,(H,13,14,15). The molecule has 0 unspecified atom stereocenters. The molecule has 0 aliphatic carbocycles. The first-order valence-corrected chi connectivity index (χ1v) is 5.95. The SMILES string of the molecule is CNc1ncnc(N(C)Cc2ccoc2C)c1[N+](=O)[O-]. The largest absolute Gasteiger partial charge is 0.469 e. The molecule has 0 bridgehead atoms. The highest BCUT2D eigenvalue weighted by atomic mass is 16.6. The van der Waals surface area contributed by atoms with E-state index in [0.29, 0.717) is 6.54 Å². The second kappa shape index (κ2) is 5.55. The number of nitrogens with zero attached hydrogens (tertiary/aromatic N) is 4. The van der Waals surface area contributed by atoms with Gasteiger partial charge in [-0.2, -0.15) is 0 Å². The molecule has 2 heterocycles. The summed E-state index contributed by atoms with van der Waals surface area (Å²) in [6.45, 7) is 2.31. The molecule has 8 nitrogen and oxygen atoms in total. The lowest BCUT2D eigenvalue weighted by atomic mass is 10.2. The van der Waals surface area contributed by atoms with Gasteiger partial charge in [0.15, 0.2) is 0 Å². The topological polar surface area (TPSA) is 97.3 Å². The van der Waals surface area contributed by atoms with E-state index in [0.717, 1.165) is 11.3 Å². The summed E-state index contributed by atoms with van der Waals surface area (Å²) in [5.74, 6) is 1.23. The molecule has 2 aromatic rings. The Morgan fingerprint density at radius 3 is 2.80 bits per heavy atom. The third-order valence-electron chi connectivity index (χ3n) is 2.96. The van der Waals surface area contributed by atoms with Crippen molar-refractivity contribution >= 4 is 17.3 Å². The molecule has 0 amide bonds. The predicted molar refractivity (Wildman–Crippen MR) is 73.8 cm³/mol. The number of furan rings is 1. The molecule has 20 heavy (non-hydrogen) atoms. The van der Waals surface area contributed by atoms with Crippen molar-refractivity contribution in [2.75, 3.05) is 24.3 Å². The minimum absolute atomic E-state index is 0.140. The monoisotopic (exact) mass is 277 g/mol. The van der Waals surface area contributed by atoms with Gasteiger partial charge in [-0.1, -0.05) is 0 Å². The second-order valence-electron chi connectivity index (χ2n) is 4.26. The fourth-order valence-corrected chi connectivity index (χ4v) is 1.91. The van der Waals surface area contributed by atoms with E-state index in [9.17, 15) is 10.1 Å². The summed E-state index contributed by atoms with van der Waals surface area (Å²) in [6.07, 6.45) is 2.89. The van der Waals surface area contributed by atoms with E-state index in [2.05, 4.69) is 15.3 Å². The van der Waals surface area contributed by atoms with E-state index in [1.165, 1.54) is 6.33 Å². The highest BCUT2D eigenvalue weighted by molar-refractivity contribution is 5.69. The van der Waals surface area contributed by atoms with Gasteiger partial charge in [0.05, 0.1) is 11.2 Å². The van der Waals surface area contributed by atoms with Crippen LogP contribution in [-0.2, 0) is 6.54 Å². The summed E-state index contributed by atoms with van der Waals surface area (Å²) in [7, 11) is 3.32. The molecule has 0 atom stereocenters. The zero-order valence-electron chi connectivity index (χ0n) is 11.5. The average Bonchev–Trinajstić information content (AvgIpc) is 2.83. The lowest BCUT2D eigenvalue weighted by molar-refractivity contribution is -0.383. The lowest BCUT2D eigenvalue weighted by Gasteiger charge is -2.18. The van der Waals surface area contributed by atoms with Gasteiger partial charge in [-0.25, -0.2) is 9.97 Å². The molecule has 0 radical (unpaired) electrons. The Morgan fingerprint density at radius 2 is 2.25 bits per heavy atom. The Kier molecular flexibility index (Phi) is 3.83. The van der Waals surface area contributed by atoms with Crippen molar-refractivity contribution in [2.45, 2.75) is 13.5 Å². The molecule has 2 aromatic heterocycles. The molecule has 0 spiro atoms. The zero-order valence-corrected chi connectivity index (χ0v) is 11.5. The minimum atomic E-state index is -0.486. The van der Waals surface area contributed by atoms with Gasteiger partial charge < -0.3 is 14.6 Å². The number of aromatic nitrogens is 2. The minimum Gasteiger partial charge on any atom is -0.469 e. The first-order chi connectivity index (χ1) is 9.54. The number of hydrogen-bond donors (Lipinski definition) is 1. The molecule has 0 aliphatic heterocycles. The van der Waals surface area contributed by atoms with Gasteiger partial charge in [-0.3, -0.25) is 10.1 Å². The van der Waals surface area contributed by atoms with Crippen LogP contribution in [0.15, 0.2) is 23.1 Å². The molecule has 0 aromatic carbocycles. The lowest BCUT2D eigenvalue weighted by Crippen LogP contribution is -2.20. The molecule has 2 rings (SSSR count). The summed E-state index contributed by atoms with van der Waals surface area (Å²) in [5, 5.41) is 13.9. The Hall–Kier alpha value is -2.64. The average molecular weight is 277 g/mol. The van der Waals surface area contributed by atoms with E-state index >= 15 is 0 Å². The molecular formula is C12H15N5O3. The van der Waals surface area contributed by atoms with Crippen molar-refractivity contribution in [3.63, 3.8) is 0 Å². The first kappa shape index (κ1) is 13.8. The van der Waals surface area contributed by atoms with Crippen molar-refractivity contribution in [1.82, 2.24) is 9.97 Å². The Balaban J connectivity index is 2.37. The molecule has 8 heteroatoms. The van der Waals surface area contributed by atoms with Crippen molar-refractivity contribution in [1.29, 1.82) is 0 Å². The summed E-state index contributed by atoms with van der Waals surface area (Å²) in [4.78, 5) is 20.3. The number of rotatable bonds is 5. The van der Waals surface area contributed by atoms with Crippen LogP contribution in [0.1, 0.15) is 11.3 Å². The number of aryl methyl sites for hydroxylation is 1. The van der Waals surface area contributed by atoms with E-state index in [1.807, 2.05) is 13.0 Å². The van der Waals surface area contributed by atoms with Crippen molar-refractivity contribution in [3.05, 3.63) is 40.1 Å². The number of hydrogen-bond acceptors (Lipinski definition) is 7. The highest BCUT2D eigenvalue weighted by Gasteiger charge is 2.25. The van der Waals surface area contributed by atoms with Gasteiger partial charge in [0, 0.05) is 26.2 Å². The molecule has 1 N–H and O–H groups in total. The van der Waals surface area contributed by atoms with Crippen LogP contribution in [0, 0.1) is 17.0 Å². The molecule has 0 saturated heterocycles. The van der Waals surface area contributed by atoms with Crippen molar-refractivity contribution in [3.8, 4) is 0 Å². The van der Waals surface area contributed by atoms with Gasteiger partial charge in [-0.15, -0.1) is 0 Å². The Labute approximate surface area is 115 Å². The number of nitro groups is 1. The molecule has 0 aliphatic rings. The van der Waals surface area contributed by atoms with Gasteiger partial charge >= 0.3 is 5.69 Å². The maximum absolute atomic E-state index is 11.2. The van der Waals surface area contributed by atoms with E-state index in [-0.39, 0.29) is 17.3 Å². The van der Waals surface area contributed by atoms with Crippen LogP contribution in [-0.4, -0.2) is 29.0 Å². The van der Waals surface area contributed by atoms with Crippen LogP contribution in [0.25, 0.3) is 0 Å². The van der Waals surface area contributed by atoms with Crippen LogP contribution in [0.5, 0.6) is 0 Å². The van der Waals surface area contributed by atoms with Crippen molar-refractivity contribution < 1.29 is 9.34 Å². The van der Waals surface area contributed by atoms with Crippen LogP contribution in [0.4, 0.5) is 17.3 Å². The van der Waals surface area contributed by atoms with Gasteiger partial charge in [0.2, 0.25) is 11.6 Å². The van der Waals surface area contributed by atoms with E-state index < -0.39 is 4.92 Å². The third kappa shape index (κ3) is 2.53. The quantitative estimate of drug-likeness (QED) is 0.659. The van der Waals surface area contributed by atoms with Crippen LogP contribution < -0.4 is 10.2 Å². The second-order valence-corrected chi connectivity index (χ2v) is 4.26. The van der Waals surface area contributed by atoms with E-state index in [1.54, 1.807) is 25.3 Å². The van der Waals surface area contributed by atoms with Crippen molar-refractivity contribution in [2.24, 2.45) is 0 Å². The maximum atomic E-state index is 11.2. The fraction of sp³-hybridized carbons (Fsp3) is 0.333. The van der Waals surface area contributed by atoms with Crippen LogP contribution in [0.3, 0.4) is 0 Å². The van der Waals surface area contributed by atoms with Gasteiger partial charge in [0.25, 0.3) is 0 Å². The molecule has 0 saturated carbocycles. The van der Waals surface area contributed by atoms with Crippen LogP contribution in [0.2, 0.25) is 0 Å². The van der Waals surface area contributed by atoms with Gasteiger partial charge in [-0.05, 0) is 13.0 Å². The molecule has 0 fully saturated rings. The Bertz CT molecular complexity index is 625. The van der Waals surface area contributed by atoms with Crippen LogP contribution >= 0.6 is 0 Å². The maximum Gasteiger partial charge on any atom is 0.353 e. The summed E-state index contributed by atoms with van der Waals surface area (Å²) >= 11 is 0. The molecule has 106 valence electrons. The highest BCUT2D eigenvalue weighted by Crippen LogP contribution is 2.31. The third-order valence-corrected chi connectivity index (χ3v) is 2.96. The molecular weight excluding hydrogens is 262 g/mol. The smallest absolute Gasteiger partial charge is 0.353 e. The first-order valence-electron chi connectivity index (χ1n) is 5.95. The number of anilines is 2. The zero-order chi connectivity index (χ0) is 14.7. The Morgan fingerprint density at radius 1 is 1.50 bits per heavy atom. The summed E-state index contributed by atoms with van der Waals surface area (Å²) < 4.78 is 5.22. The van der Waals surface area contributed by atoms with Gasteiger partial charge in [0.1, 0.15) is 12.1 Å².